The second-order valence-electron chi connectivity index (χ2n) is 9.33. The highest BCUT2D eigenvalue weighted by molar-refractivity contribution is 8.00. The number of rotatable bonds is 10. The van der Waals surface area contributed by atoms with Gasteiger partial charge in [-0.2, -0.15) is 0 Å². The maximum absolute atomic E-state index is 13.9. The number of ketones is 1. The third-order valence-corrected chi connectivity index (χ3v) is 9.52. The van der Waals surface area contributed by atoms with Gasteiger partial charge in [-0.05, 0) is 38.8 Å². The number of aromatic nitrogens is 3. The molecular weight excluding hydrogens is 565 g/mol. The molecule has 0 bridgehead atoms. The van der Waals surface area contributed by atoms with E-state index in [9.17, 15) is 14.7 Å². The van der Waals surface area contributed by atoms with Crippen molar-refractivity contribution in [1.29, 1.82) is 0 Å². The van der Waals surface area contributed by atoms with E-state index in [1.165, 1.54) is 44.9 Å². The van der Waals surface area contributed by atoms with Crippen LogP contribution in [-0.2, 0) is 10.5 Å². The van der Waals surface area contributed by atoms with E-state index in [0.717, 1.165) is 17.0 Å². The largest absolute Gasteiger partial charge is 0.503 e. The first-order valence-corrected chi connectivity index (χ1v) is 15.4. The van der Waals surface area contributed by atoms with Gasteiger partial charge in [0.2, 0.25) is 10.9 Å². The van der Waals surface area contributed by atoms with Gasteiger partial charge in [-0.25, -0.2) is 4.98 Å². The average molecular weight is 593 g/mol. The van der Waals surface area contributed by atoms with Crippen molar-refractivity contribution < 1.29 is 19.4 Å². The van der Waals surface area contributed by atoms with E-state index in [4.69, 9.17) is 4.74 Å². The summed E-state index contributed by atoms with van der Waals surface area (Å²) >= 11 is 4.00. The Morgan fingerprint density at radius 2 is 1.82 bits per heavy atom. The maximum atomic E-state index is 13.9. The molecule has 0 saturated heterocycles. The Morgan fingerprint density at radius 3 is 2.52 bits per heavy atom. The molecular formula is C29H28N4O4S3. The number of hydrogen-bond donors (Lipinski definition) is 1. The Hall–Kier alpha value is -3.54. The number of aliphatic hydroxyl groups is 1. The number of para-hydroxylation sites is 1. The van der Waals surface area contributed by atoms with Crippen LogP contribution in [0.5, 0.6) is 5.75 Å². The van der Waals surface area contributed by atoms with Gasteiger partial charge >= 0.3 is 0 Å². The first-order valence-electron chi connectivity index (χ1n) is 12.8. The second kappa shape index (κ2) is 11.9. The van der Waals surface area contributed by atoms with Crippen molar-refractivity contribution in [3.05, 3.63) is 92.1 Å². The maximum Gasteiger partial charge on any atom is 0.296 e. The number of thioether (sulfide) groups is 1. The van der Waals surface area contributed by atoms with Crippen molar-refractivity contribution in [2.24, 2.45) is 0 Å². The number of aliphatic hydroxyl groups excluding tert-OH is 1. The molecule has 1 N–H and O–H groups in total. The molecule has 1 unspecified atom stereocenters. The first-order chi connectivity index (χ1) is 19.3. The lowest BCUT2D eigenvalue weighted by Crippen LogP contribution is -2.31. The van der Waals surface area contributed by atoms with Crippen molar-refractivity contribution in [3.63, 3.8) is 0 Å². The summed E-state index contributed by atoms with van der Waals surface area (Å²) in [5.41, 5.74) is 3.45. The van der Waals surface area contributed by atoms with Crippen molar-refractivity contribution in [2.45, 2.75) is 50.3 Å². The van der Waals surface area contributed by atoms with Gasteiger partial charge in [-0.1, -0.05) is 78.1 Å². The van der Waals surface area contributed by atoms with E-state index in [1.807, 2.05) is 32.9 Å². The predicted octanol–water partition coefficient (Wildman–Crippen LogP) is 6.78. The number of aryl methyl sites for hydroxylation is 3. The topological polar surface area (TPSA) is 106 Å². The predicted molar refractivity (Wildman–Crippen MR) is 159 cm³/mol. The van der Waals surface area contributed by atoms with Crippen LogP contribution < -0.4 is 9.64 Å². The Morgan fingerprint density at radius 1 is 1.07 bits per heavy atom. The molecule has 11 heteroatoms. The second-order valence-corrected chi connectivity index (χ2v) is 12.7. The molecule has 2 aromatic carbocycles. The summed E-state index contributed by atoms with van der Waals surface area (Å²) in [6.07, 6.45) is 0.784. The number of thiazole rings is 1. The third-order valence-electron chi connectivity index (χ3n) is 6.32. The molecule has 206 valence electrons. The van der Waals surface area contributed by atoms with Gasteiger partial charge < -0.3 is 9.84 Å². The number of amides is 1. The molecule has 40 heavy (non-hydrogen) atoms. The zero-order chi connectivity index (χ0) is 28.4. The van der Waals surface area contributed by atoms with Crippen molar-refractivity contribution >= 4 is 51.3 Å². The molecule has 3 heterocycles. The fraction of sp³-hybridized carbons (Fsp3) is 0.276. The molecule has 4 aromatic rings. The molecule has 0 radical (unpaired) electrons. The molecule has 1 aliphatic rings. The molecule has 1 atom stereocenters. The summed E-state index contributed by atoms with van der Waals surface area (Å²) in [4.78, 5) is 33.6. The molecule has 0 saturated carbocycles. The van der Waals surface area contributed by atoms with Crippen LogP contribution in [0.1, 0.15) is 56.4 Å². The standard InChI is InChI=1S/C29H28N4O4S3/c1-5-14-37-21-9-7-6-8-20(21)23-22(24(34)26-17(3)30-18(4)39-26)25(35)27(36)33(23)28-31-32-29(40-28)38-15-19-12-10-16(2)11-13-19/h6-13,23,35H,5,14-15H2,1-4H3. The van der Waals surface area contributed by atoms with E-state index >= 15 is 0 Å². The number of anilines is 1. The van der Waals surface area contributed by atoms with Crippen molar-refractivity contribution in [2.75, 3.05) is 11.5 Å². The van der Waals surface area contributed by atoms with Gasteiger partial charge in [0.1, 0.15) is 11.8 Å². The van der Waals surface area contributed by atoms with Crippen molar-refractivity contribution in [3.8, 4) is 5.75 Å². The number of benzene rings is 2. The molecule has 5 rings (SSSR count). The number of hydrogen-bond acceptors (Lipinski definition) is 10. The van der Waals surface area contributed by atoms with Crippen LogP contribution in [0.15, 0.2) is 64.2 Å². The molecule has 2 aromatic heterocycles. The van der Waals surface area contributed by atoms with E-state index < -0.39 is 23.5 Å². The number of nitrogens with zero attached hydrogens (tertiary/aromatic N) is 4. The van der Waals surface area contributed by atoms with Crippen LogP contribution in [-0.4, -0.2) is 38.6 Å². The summed E-state index contributed by atoms with van der Waals surface area (Å²) in [5.74, 6) is -0.524. The lowest BCUT2D eigenvalue weighted by molar-refractivity contribution is -0.117. The molecule has 0 aliphatic carbocycles. The SMILES string of the molecule is CCCOc1ccccc1C1C(C(=O)c2sc(C)nc2C)=C(O)C(=O)N1c1nnc(SCc2ccc(C)cc2)s1. The quantitative estimate of drug-likeness (QED) is 0.122. The van der Waals surface area contributed by atoms with Crippen LogP contribution in [0.2, 0.25) is 0 Å². The fourth-order valence-corrected chi connectivity index (χ4v) is 7.13. The van der Waals surface area contributed by atoms with Gasteiger partial charge in [0, 0.05) is 11.3 Å². The summed E-state index contributed by atoms with van der Waals surface area (Å²) in [7, 11) is 0. The normalized spacial score (nSPS) is 15.2. The summed E-state index contributed by atoms with van der Waals surface area (Å²) in [6, 6.07) is 14.6. The highest BCUT2D eigenvalue weighted by atomic mass is 32.2. The molecule has 0 fully saturated rings. The van der Waals surface area contributed by atoms with E-state index in [2.05, 4.69) is 39.4 Å². The highest BCUT2D eigenvalue weighted by Gasteiger charge is 2.47. The number of carbonyl (C=O) groups excluding carboxylic acids is 2. The highest BCUT2D eigenvalue weighted by Crippen LogP contribution is 2.46. The van der Waals surface area contributed by atoms with Crippen LogP contribution in [0.3, 0.4) is 0 Å². The van der Waals surface area contributed by atoms with Crippen molar-refractivity contribution in [1.82, 2.24) is 15.2 Å². The Bertz CT molecular complexity index is 1590. The Labute approximate surface area is 244 Å². The summed E-state index contributed by atoms with van der Waals surface area (Å²) in [5, 5.41) is 20.8. The van der Waals surface area contributed by atoms with Crippen LogP contribution in [0.25, 0.3) is 0 Å². The van der Waals surface area contributed by atoms with Gasteiger partial charge in [0.05, 0.1) is 27.8 Å². The van der Waals surface area contributed by atoms with Gasteiger partial charge in [-0.15, -0.1) is 21.5 Å². The monoisotopic (exact) mass is 592 g/mol. The molecule has 8 nitrogen and oxygen atoms in total. The molecule has 1 amide bonds. The summed E-state index contributed by atoms with van der Waals surface area (Å²) < 4.78 is 6.69. The minimum absolute atomic E-state index is 0.0200. The van der Waals surface area contributed by atoms with E-state index in [1.54, 1.807) is 19.1 Å². The molecule has 1 aliphatic heterocycles. The summed E-state index contributed by atoms with van der Waals surface area (Å²) in [6.45, 7) is 8.07. The van der Waals surface area contributed by atoms with Gasteiger partial charge in [-0.3, -0.25) is 14.5 Å². The Kier molecular flexibility index (Phi) is 8.34. The van der Waals surface area contributed by atoms with Gasteiger partial charge in [0.15, 0.2) is 10.1 Å². The molecule has 0 spiro atoms. The number of carbonyl (C=O) groups is 2. The zero-order valence-electron chi connectivity index (χ0n) is 22.5. The third kappa shape index (κ3) is 5.54. The smallest absolute Gasteiger partial charge is 0.296 e. The zero-order valence-corrected chi connectivity index (χ0v) is 25.0. The average Bonchev–Trinajstić information content (AvgIpc) is 3.62. The van der Waals surface area contributed by atoms with Crippen LogP contribution in [0, 0.1) is 20.8 Å². The minimum Gasteiger partial charge on any atom is -0.503 e. The number of ether oxygens (including phenoxy) is 1. The van der Waals surface area contributed by atoms with E-state index in [0.29, 0.717) is 43.7 Å². The van der Waals surface area contributed by atoms with Gasteiger partial charge in [0.25, 0.3) is 5.91 Å². The first kappa shape index (κ1) is 28.0. The minimum atomic E-state index is -0.947. The van der Waals surface area contributed by atoms with E-state index in [-0.39, 0.29) is 5.57 Å². The number of Topliss-reactive ketones (excluding diaryl/α,β-unsaturated/α-hetero) is 1. The Balaban J connectivity index is 1.54. The van der Waals surface area contributed by atoms with Crippen LogP contribution in [0.4, 0.5) is 5.13 Å². The van der Waals surface area contributed by atoms with Crippen LogP contribution >= 0.6 is 34.4 Å². The lowest BCUT2D eigenvalue weighted by atomic mass is 9.94. The lowest BCUT2D eigenvalue weighted by Gasteiger charge is -2.25. The fourth-order valence-electron chi connectivity index (χ4n) is 4.43.